The minimum Gasteiger partial charge on any atom is -0.365 e. The maximum atomic E-state index is 10.4. The molecule has 2 nitrogen and oxygen atoms in total. The first kappa shape index (κ1) is 18.9. The third-order valence-electron chi connectivity index (χ3n) is 4.54. The van der Waals surface area contributed by atoms with E-state index in [0.717, 1.165) is 25.7 Å². The van der Waals surface area contributed by atoms with Crippen LogP contribution in [-0.2, 0) is 0 Å². The zero-order valence-corrected chi connectivity index (χ0v) is 14.0. The van der Waals surface area contributed by atoms with Crippen LogP contribution in [0.25, 0.3) is 0 Å². The fourth-order valence-electron chi connectivity index (χ4n) is 2.80. The zero-order valence-electron chi connectivity index (χ0n) is 14.0. The quantitative estimate of drug-likeness (QED) is 0.564. The van der Waals surface area contributed by atoms with Crippen molar-refractivity contribution in [3.05, 3.63) is 0 Å². The lowest BCUT2D eigenvalue weighted by molar-refractivity contribution is -0.245. The lowest BCUT2D eigenvalue weighted by Crippen LogP contribution is -2.46. The summed E-state index contributed by atoms with van der Waals surface area (Å²) < 4.78 is 0. The summed E-state index contributed by atoms with van der Waals surface area (Å²) in [6.07, 6.45) is 7.03. The normalized spacial score (nSPS) is 16.4. The molecule has 0 bridgehead atoms. The van der Waals surface area contributed by atoms with Crippen LogP contribution in [0, 0.1) is 17.3 Å². The predicted molar refractivity (Wildman–Crippen MR) is 82.9 cm³/mol. The van der Waals surface area contributed by atoms with E-state index >= 15 is 0 Å². The highest BCUT2D eigenvalue weighted by atomic mass is 16.5. The summed E-state index contributed by atoms with van der Waals surface area (Å²) in [5.41, 5.74) is -0.434. The highest BCUT2D eigenvalue weighted by Crippen LogP contribution is 2.39. The van der Waals surface area contributed by atoms with Gasteiger partial charge >= 0.3 is 0 Å². The van der Waals surface area contributed by atoms with E-state index < -0.39 is 11.2 Å². The molecule has 116 valence electrons. The third kappa shape index (κ3) is 6.76. The van der Waals surface area contributed by atoms with Gasteiger partial charge in [-0.05, 0) is 18.3 Å². The third-order valence-corrected chi connectivity index (χ3v) is 4.54. The van der Waals surface area contributed by atoms with Crippen molar-refractivity contribution in [1.82, 2.24) is 0 Å². The fraction of sp³-hybridized carbons (Fsp3) is 1.00. The average Bonchev–Trinajstić information content (AvgIpc) is 2.26. The molecule has 0 amide bonds. The Hall–Kier alpha value is -0.0800. The Balaban J connectivity index is 4.41. The van der Waals surface area contributed by atoms with Crippen molar-refractivity contribution in [3.8, 4) is 0 Å². The molecule has 0 rings (SSSR count). The van der Waals surface area contributed by atoms with Gasteiger partial charge in [0.1, 0.15) is 0 Å². The Labute approximate surface area is 120 Å². The summed E-state index contributed by atoms with van der Waals surface area (Å²) in [5.74, 6) is -0.506. The lowest BCUT2D eigenvalue weighted by Gasteiger charge is -2.40. The zero-order chi connectivity index (χ0) is 15.1. The first-order chi connectivity index (χ1) is 8.66. The van der Waals surface area contributed by atoms with Gasteiger partial charge in [0.2, 0.25) is 0 Å². The van der Waals surface area contributed by atoms with Crippen LogP contribution in [0.15, 0.2) is 0 Å². The molecule has 0 aromatic rings. The number of hydrogen-bond acceptors (Lipinski definition) is 2. The van der Waals surface area contributed by atoms with Gasteiger partial charge in [0.25, 0.3) is 0 Å². The van der Waals surface area contributed by atoms with Crippen LogP contribution in [0.2, 0.25) is 0 Å². The van der Waals surface area contributed by atoms with Gasteiger partial charge < -0.3 is 10.2 Å². The molecule has 0 aliphatic rings. The second kappa shape index (κ2) is 8.26. The molecule has 0 fully saturated rings. The molecule has 0 aromatic carbocycles. The molecule has 2 heteroatoms. The Morgan fingerprint density at radius 1 is 0.842 bits per heavy atom. The van der Waals surface area contributed by atoms with Crippen molar-refractivity contribution in [2.24, 2.45) is 17.3 Å². The summed E-state index contributed by atoms with van der Waals surface area (Å²) in [5, 5.41) is 20.9. The molecular weight excluding hydrogens is 236 g/mol. The Morgan fingerprint density at radius 3 is 1.79 bits per heavy atom. The molecule has 2 atom stereocenters. The van der Waals surface area contributed by atoms with Crippen LogP contribution < -0.4 is 0 Å². The van der Waals surface area contributed by atoms with Crippen molar-refractivity contribution in [2.75, 3.05) is 0 Å². The van der Waals surface area contributed by atoms with E-state index in [9.17, 15) is 10.2 Å². The molecular formula is C17H36O2. The summed E-state index contributed by atoms with van der Waals surface area (Å²) >= 11 is 0. The maximum Gasteiger partial charge on any atom is 0.167 e. The summed E-state index contributed by atoms with van der Waals surface area (Å²) in [6.45, 7) is 12.7. The van der Waals surface area contributed by atoms with E-state index in [2.05, 4.69) is 27.7 Å². The number of hydrogen-bond donors (Lipinski definition) is 2. The highest BCUT2D eigenvalue weighted by Gasteiger charge is 2.42. The van der Waals surface area contributed by atoms with Crippen molar-refractivity contribution in [3.63, 3.8) is 0 Å². The van der Waals surface area contributed by atoms with Crippen molar-refractivity contribution >= 4 is 0 Å². The van der Waals surface area contributed by atoms with Gasteiger partial charge in [0.15, 0.2) is 5.79 Å². The molecule has 0 spiro atoms. The molecule has 2 N–H and O–H groups in total. The van der Waals surface area contributed by atoms with E-state index in [4.69, 9.17) is 0 Å². The standard InChI is InChI=1S/C17H36O2/c1-7-9-14(3)11-12-16(5,6)17(18,19)13-15(4)10-8-2/h14-15,18-19H,7-13H2,1-6H3. The summed E-state index contributed by atoms with van der Waals surface area (Å²) in [7, 11) is 0. The van der Waals surface area contributed by atoms with Crippen LogP contribution in [0.5, 0.6) is 0 Å². The molecule has 0 heterocycles. The molecule has 0 aliphatic carbocycles. The van der Waals surface area contributed by atoms with Gasteiger partial charge in [-0.3, -0.25) is 0 Å². The number of aliphatic hydroxyl groups is 2. The Kier molecular flexibility index (Phi) is 8.23. The number of rotatable bonds is 10. The van der Waals surface area contributed by atoms with Crippen LogP contribution in [0.4, 0.5) is 0 Å². The monoisotopic (exact) mass is 272 g/mol. The molecule has 0 saturated heterocycles. The second-order valence-corrected chi connectivity index (χ2v) is 7.23. The molecule has 0 saturated carbocycles. The molecule has 0 aliphatic heterocycles. The van der Waals surface area contributed by atoms with Gasteiger partial charge in [-0.1, -0.05) is 73.6 Å². The lowest BCUT2D eigenvalue weighted by atomic mass is 9.73. The van der Waals surface area contributed by atoms with Gasteiger partial charge in [-0.15, -0.1) is 0 Å². The Morgan fingerprint density at radius 2 is 1.32 bits per heavy atom. The summed E-state index contributed by atoms with van der Waals surface area (Å²) in [4.78, 5) is 0. The molecule has 2 unspecified atom stereocenters. The van der Waals surface area contributed by atoms with Crippen LogP contribution >= 0.6 is 0 Å². The van der Waals surface area contributed by atoms with Gasteiger partial charge in [-0.2, -0.15) is 0 Å². The van der Waals surface area contributed by atoms with Crippen molar-refractivity contribution in [1.29, 1.82) is 0 Å². The highest BCUT2D eigenvalue weighted by molar-refractivity contribution is 4.86. The first-order valence-electron chi connectivity index (χ1n) is 8.11. The largest absolute Gasteiger partial charge is 0.365 e. The smallest absolute Gasteiger partial charge is 0.167 e. The fourth-order valence-corrected chi connectivity index (χ4v) is 2.80. The maximum absolute atomic E-state index is 10.4. The minimum absolute atomic E-state index is 0.368. The Bertz CT molecular complexity index is 233. The van der Waals surface area contributed by atoms with Crippen LogP contribution in [-0.4, -0.2) is 16.0 Å². The van der Waals surface area contributed by atoms with Crippen LogP contribution in [0.1, 0.15) is 86.5 Å². The predicted octanol–water partition coefficient (Wildman–Crippen LogP) is 4.74. The van der Waals surface area contributed by atoms with Crippen molar-refractivity contribution < 1.29 is 10.2 Å². The van der Waals surface area contributed by atoms with Crippen molar-refractivity contribution in [2.45, 2.75) is 92.3 Å². The molecule has 0 aromatic heterocycles. The minimum atomic E-state index is -1.55. The van der Waals surface area contributed by atoms with Gasteiger partial charge in [-0.25, -0.2) is 0 Å². The van der Waals surface area contributed by atoms with E-state index in [1.165, 1.54) is 12.8 Å². The SMILES string of the molecule is CCCC(C)CCC(C)(C)C(O)(O)CC(C)CCC. The average molecular weight is 272 g/mol. The van der Waals surface area contributed by atoms with E-state index in [1.54, 1.807) is 0 Å². The molecule has 19 heavy (non-hydrogen) atoms. The first-order valence-corrected chi connectivity index (χ1v) is 8.11. The van der Waals surface area contributed by atoms with E-state index in [0.29, 0.717) is 18.3 Å². The topological polar surface area (TPSA) is 40.5 Å². The van der Waals surface area contributed by atoms with Crippen LogP contribution in [0.3, 0.4) is 0 Å². The van der Waals surface area contributed by atoms with E-state index in [-0.39, 0.29) is 0 Å². The second-order valence-electron chi connectivity index (χ2n) is 7.23. The van der Waals surface area contributed by atoms with Gasteiger partial charge in [0.05, 0.1) is 0 Å². The van der Waals surface area contributed by atoms with E-state index in [1.807, 2.05) is 13.8 Å². The van der Waals surface area contributed by atoms with Gasteiger partial charge in [0, 0.05) is 11.8 Å². The summed E-state index contributed by atoms with van der Waals surface area (Å²) in [6, 6.07) is 0. The molecule has 0 radical (unpaired) electrons.